The average Bonchev–Trinajstić information content (AvgIpc) is 3.74. The van der Waals surface area contributed by atoms with Gasteiger partial charge in [-0.3, -0.25) is 24.5 Å². The lowest BCUT2D eigenvalue weighted by molar-refractivity contribution is 0.0843. The van der Waals surface area contributed by atoms with E-state index in [0.29, 0.717) is 33.0 Å². The zero-order chi connectivity index (χ0) is 33.7. The monoisotopic (exact) mass is 658 g/mol. The lowest BCUT2D eigenvalue weighted by Gasteiger charge is -2.25. The van der Waals surface area contributed by atoms with Gasteiger partial charge in [0, 0.05) is 70.7 Å². The Labute approximate surface area is 280 Å². The first-order valence-electron chi connectivity index (χ1n) is 15.8. The highest BCUT2D eigenvalue weighted by Crippen LogP contribution is 2.51. The summed E-state index contributed by atoms with van der Waals surface area (Å²) in [7, 11) is 1.58. The molecule has 0 unspecified atom stereocenters. The number of benzene rings is 5. The molecule has 7 aromatic rings. The highest BCUT2D eigenvalue weighted by atomic mass is 32.1. The van der Waals surface area contributed by atoms with E-state index in [1.165, 1.54) is 0 Å². The van der Waals surface area contributed by atoms with Crippen molar-refractivity contribution >= 4 is 89.8 Å². The van der Waals surface area contributed by atoms with Crippen LogP contribution in [0.2, 0.25) is 0 Å². The summed E-state index contributed by atoms with van der Waals surface area (Å²) in [4.78, 5) is 56.6. The number of nitrogens with one attached hydrogen (secondary N) is 2. The number of carbonyl (C=O) groups excluding carboxylic acids is 4. The third kappa shape index (κ3) is 4.74. The first-order chi connectivity index (χ1) is 22.8. The predicted octanol–water partition coefficient (Wildman–Crippen LogP) is 9.92. The minimum Gasteiger partial charge on any atom is -0.355 e. The van der Waals surface area contributed by atoms with Crippen molar-refractivity contribution < 1.29 is 19.2 Å². The second-order valence-corrected chi connectivity index (χ2v) is 13.4. The van der Waals surface area contributed by atoms with E-state index in [-0.39, 0.29) is 5.91 Å². The lowest BCUT2D eigenvalue weighted by atomic mass is 9.80. The van der Waals surface area contributed by atoms with E-state index < -0.39 is 11.8 Å². The van der Waals surface area contributed by atoms with Crippen LogP contribution >= 0.6 is 22.7 Å². The fourth-order valence-electron chi connectivity index (χ4n) is 6.71. The van der Waals surface area contributed by atoms with E-state index in [9.17, 15) is 19.2 Å². The van der Waals surface area contributed by atoms with Gasteiger partial charge in [-0.15, -0.1) is 22.7 Å². The van der Waals surface area contributed by atoms with Crippen LogP contribution < -0.4 is 10.6 Å². The minimum atomic E-state index is -0.425. The van der Waals surface area contributed by atoms with Gasteiger partial charge in [0.25, 0.3) is 17.7 Å². The third-order valence-electron chi connectivity index (χ3n) is 8.46. The molecule has 2 aromatic heterocycles. The number of amides is 3. The molecule has 3 heterocycles. The van der Waals surface area contributed by atoms with Crippen molar-refractivity contribution in [2.45, 2.75) is 41.5 Å². The predicted molar refractivity (Wildman–Crippen MR) is 197 cm³/mol. The molecule has 3 amide bonds. The molecule has 0 saturated heterocycles. The normalized spacial score (nSPS) is 12.1. The largest absolute Gasteiger partial charge is 0.355 e. The third-order valence-corrected chi connectivity index (χ3v) is 10.5. The molecule has 0 radical (unpaired) electrons. The Morgan fingerprint density at radius 2 is 1.17 bits per heavy atom. The van der Waals surface area contributed by atoms with E-state index >= 15 is 0 Å². The smallest absolute Gasteiger partial charge is 0.258 e. The van der Waals surface area contributed by atoms with Crippen LogP contribution in [0.4, 0.5) is 0 Å². The molecular formula is C39H34N2O4S2. The second kappa shape index (κ2) is 12.4. The Balaban J connectivity index is 0.000000932. The fraction of sp³-hybridized carbons (Fsp3) is 0.179. The molecular weight excluding hydrogens is 625 g/mol. The number of rotatable bonds is 4. The summed E-state index contributed by atoms with van der Waals surface area (Å²) >= 11 is 3.26. The van der Waals surface area contributed by atoms with Gasteiger partial charge >= 0.3 is 0 Å². The van der Waals surface area contributed by atoms with Crippen molar-refractivity contribution in [1.82, 2.24) is 10.6 Å². The molecule has 0 aliphatic carbocycles. The van der Waals surface area contributed by atoms with Gasteiger partial charge in [0.15, 0.2) is 6.29 Å². The van der Waals surface area contributed by atoms with Crippen molar-refractivity contribution in [2.75, 3.05) is 7.05 Å². The lowest BCUT2D eigenvalue weighted by Crippen LogP contribution is -2.34. The molecule has 0 saturated carbocycles. The molecule has 8 heteroatoms. The Morgan fingerprint density at radius 1 is 0.638 bits per heavy atom. The molecule has 0 atom stereocenters. The Bertz CT molecular complexity index is 2410. The van der Waals surface area contributed by atoms with Crippen LogP contribution in [-0.4, -0.2) is 31.1 Å². The summed E-state index contributed by atoms with van der Waals surface area (Å²) in [5.74, 6) is -1.13. The highest BCUT2D eigenvalue weighted by Gasteiger charge is 2.31. The summed E-state index contributed by atoms with van der Waals surface area (Å²) in [6.45, 7) is 12.1. The SMILES string of the molecule is CC.CC.CNC(=O)c1ccc2c3c(-c4ccc(C)s4)cc4c5c(ccc(c6c(-c7ccc(C)s7)cc(C=O)c1c26)c53)C(=O)NC4=O. The molecule has 8 rings (SSSR count). The second-order valence-electron chi connectivity index (χ2n) is 10.9. The fourth-order valence-corrected chi connectivity index (χ4v) is 8.49. The molecule has 5 aromatic carbocycles. The molecule has 1 aliphatic heterocycles. The maximum Gasteiger partial charge on any atom is 0.258 e. The summed E-state index contributed by atoms with van der Waals surface area (Å²) < 4.78 is 0. The van der Waals surface area contributed by atoms with Gasteiger partial charge in [-0.25, -0.2) is 0 Å². The molecule has 47 heavy (non-hydrogen) atoms. The van der Waals surface area contributed by atoms with Gasteiger partial charge < -0.3 is 5.32 Å². The number of aryl methyl sites for hydroxylation is 2. The first kappa shape index (κ1) is 32.0. The molecule has 236 valence electrons. The van der Waals surface area contributed by atoms with Crippen LogP contribution in [0, 0.1) is 13.8 Å². The molecule has 1 aliphatic rings. The summed E-state index contributed by atoms with van der Waals surface area (Å²) in [6, 6.07) is 19.4. The molecule has 2 N–H and O–H groups in total. The summed E-state index contributed by atoms with van der Waals surface area (Å²) in [5.41, 5.74) is 3.48. The van der Waals surface area contributed by atoms with Crippen molar-refractivity contribution in [1.29, 1.82) is 0 Å². The van der Waals surface area contributed by atoms with Gasteiger partial charge in [-0.1, -0.05) is 39.8 Å². The van der Waals surface area contributed by atoms with E-state index in [2.05, 4.69) is 10.6 Å². The van der Waals surface area contributed by atoms with E-state index in [1.54, 1.807) is 41.9 Å². The Hall–Kier alpha value is -4.92. The van der Waals surface area contributed by atoms with Gasteiger partial charge in [-0.05, 0) is 94.7 Å². The number of fused-ring (bicyclic) bond motifs is 2. The van der Waals surface area contributed by atoms with Crippen LogP contribution in [0.1, 0.15) is 78.9 Å². The van der Waals surface area contributed by atoms with E-state index in [1.807, 2.05) is 90.1 Å². The van der Waals surface area contributed by atoms with Gasteiger partial charge in [0.2, 0.25) is 0 Å². The standard InChI is InChI=1S/C35H22N2O4S2.2C2H6/c1-15-4-10-25(42-15)22-12-17(14-38)27-20(33(39)36-3)8-6-18-29-23(26-11-5-16(2)43-26)13-24-30-21(34(40)37-35(24)41)9-7-19(32(29)30)28(22)31(18)27;2*1-2/h4-14H,1-3H3,(H,36,39)(H,37,40,41);2*1-2H3. The van der Waals surface area contributed by atoms with Crippen LogP contribution in [0.3, 0.4) is 0 Å². The summed E-state index contributed by atoms with van der Waals surface area (Å²) in [5, 5.41) is 11.6. The first-order valence-corrected chi connectivity index (χ1v) is 17.4. The van der Waals surface area contributed by atoms with Crippen LogP contribution in [0.25, 0.3) is 64.0 Å². The quantitative estimate of drug-likeness (QED) is 0.0852. The maximum absolute atomic E-state index is 13.4. The maximum atomic E-state index is 13.4. The number of imide groups is 1. The van der Waals surface area contributed by atoms with Crippen molar-refractivity contribution in [3.8, 4) is 20.9 Å². The number of hydrogen-bond donors (Lipinski definition) is 2. The molecule has 0 fully saturated rings. The molecule has 6 nitrogen and oxygen atoms in total. The number of aldehydes is 1. The van der Waals surface area contributed by atoms with Gasteiger partial charge in [0.1, 0.15) is 0 Å². The Kier molecular flexibility index (Phi) is 8.42. The van der Waals surface area contributed by atoms with Gasteiger partial charge in [-0.2, -0.15) is 0 Å². The summed E-state index contributed by atoms with van der Waals surface area (Å²) in [6.07, 6.45) is 0.821. The number of carbonyl (C=O) groups is 4. The van der Waals surface area contributed by atoms with Crippen LogP contribution in [0.15, 0.2) is 60.7 Å². The highest BCUT2D eigenvalue weighted by molar-refractivity contribution is 7.16. The zero-order valence-electron chi connectivity index (χ0n) is 27.3. The minimum absolute atomic E-state index is 0.285. The number of thiophene rings is 2. The van der Waals surface area contributed by atoms with Crippen molar-refractivity contribution in [3.05, 3.63) is 92.7 Å². The van der Waals surface area contributed by atoms with E-state index in [0.717, 1.165) is 69.2 Å². The zero-order valence-corrected chi connectivity index (χ0v) is 28.9. The molecule has 0 bridgehead atoms. The van der Waals surface area contributed by atoms with Crippen LogP contribution in [0.5, 0.6) is 0 Å². The van der Waals surface area contributed by atoms with E-state index in [4.69, 9.17) is 0 Å². The topological polar surface area (TPSA) is 92.3 Å². The van der Waals surface area contributed by atoms with Crippen LogP contribution in [-0.2, 0) is 0 Å². The Morgan fingerprint density at radius 3 is 1.70 bits per heavy atom. The average molecular weight is 659 g/mol. The van der Waals surface area contributed by atoms with Crippen molar-refractivity contribution in [3.63, 3.8) is 0 Å². The number of hydrogen-bond acceptors (Lipinski definition) is 6. The van der Waals surface area contributed by atoms with Gasteiger partial charge in [0.05, 0.1) is 0 Å². The molecule has 0 spiro atoms. The van der Waals surface area contributed by atoms with Crippen molar-refractivity contribution in [2.24, 2.45) is 0 Å².